The number of benzene rings is 2. The monoisotopic (exact) mass is 451 g/mol. The van der Waals surface area contributed by atoms with Gasteiger partial charge in [-0.2, -0.15) is 0 Å². The summed E-state index contributed by atoms with van der Waals surface area (Å²) in [5.41, 5.74) is 1.96. The highest BCUT2D eigenvalue weighted by atomic mass is 127. The summed E-state index contributed by atoms with van der Waals surface area (Å²) in [6.45, 7) is 0. The number of furan rings is 1. The van der Waals surface area contributed by atoms with Crippen LogP contribution in [0.4, 0.5) is 5.69 Å². The van der Waals surface area contributed by atoms with Crippen LogP contribution in [-0.4, -0.2) is 6.21 Å². The number of rotatable bonds is 3. The van der Waals surface area contributed by atoms with E-state index in [2.05, 4.69) is 67.8 Å². The minimum absolute atomic E-state index is 0.742. The maximum absolute atomic E-state index is 5.79. The first-order valence-corrected chi connectivity index (χ1v) is 8.23. The van der Waals surface area contributed by atoms with Crippen molar-refractivity contribution < 1.29 is 4.42 Å². The Kier molecular flexibility index (Phi) is 4.55. The van der Waals surface area contributed by atoms with Gasteiger partial charge in [-0.25, -0.2) is 0 Å². The van der Waals surface area contributed by atoms with Crippen LogP contribution in [0.1, 0.15) is 5.76 Å². The Hall–Kier alpha value is -1.40. The molecule has 3 rings (SSSR count). The largest absolute Gasteiger partial charge is 0.455 e. The molecule has 0 aliphatic carbocycles. The molecular formula is C17H11BrINO. The van der Waals surface area contributed by atoms with Crippen LogP contribution in [0.5, 0.6) is 0 Å². The summed E-state index contributed by atoms with van der Waals surface area (Å²) in [7, 11) is 0. The summed E-state index contributed by atoms with van der Waals surface area (Å²) in [6.07, 6.45) is 1.74. The summed E-state index contributed by atoms with van der Waals surface area (Å²) in [4.78, 5) is 4.40. The SMILES string of the molecule is Brc1ccc(N=Cc2ccc(-c3ccc(I)cc3)o2)cc1. The van der Waals surface area contributed by atoms with Gasteiger partial charge in [0.2, 0.25) is 0 Å². The molecule has 4 heteroatoms. The Labute approximate surface area is 145 Å². The first-order chi connectivity index (χ1) is 10.2. The number of nitrogens with zero attached hydrogens (tertiary/aromatic N) is 1. The van der Waals surface area contributed by atoms with Gasteiger partial charge in [0.1, 0.15) is 11.5 Å². The van der Waals surface area contributed by atoms with E-state index in [1.54, 1.807) is 6.21 Å². The minimum Gasteiger partial charge on any atom is -0.455 e. The van der Waals surface area contributed by atoms with E-state index in [0.29, 0.717) is 0 Å². The van der Waals surface area contributed by atoms with Crippen LogP contribution in [0, 0.1) is 3.57 Å². The number of hydrogen-bond acceptors (Lipinski definition) is 2. The third kappa shape index (κ3) is 3.83. The predicted molar refractivity (Wildman–Crippen MR) is 98.3 cm³/mol. The Bertz CT molecular complexity index is 760. The van der Waals surface area contributed by atoms with E-state index in [0.717, 1.165) is 27.2 Å². The molecule has 21 heavy (non-hydrogen) atoms. The van der Waals surface area contributed by atoms with Crippen LogP contribution in [0.25, 0.3) is 11.3 Å². The minimum atomic E-state index is 0.742. The van der Waals surface area contributed by atoms with E-state index < -0.39 is 0 Å². The zero-order chi connectivity index (χ0) is 14.7. The molecule has 0 atom stereocenters. The lowest BCUT2D eigenvalue weighted by Crippen LogP contribution is -1.76. The lowest BCUT2D eigenvalue weighted by atomic mass is 10.2. The van der Waals surface area contributed by atoms with E-state index in [9.17, 15) is 0 Å². The van der Waals surface area contributed by atoms with Crippen molar-refractivity contribution in [2.45, 2.75) is 0 Å². The molecule has 0 saturated carbocycles. The molecule has 1 aromatic heterocycles. The van der Waals surface area contributed by atoms with Gasteiger partial charge in [-0.05, 0) is 71.1 Å². The highest BCUT2D eigenvalue weighted by Crippen LogP contribution is 2.23. The molecule has 104 valence electrons. The highest BCUT2D eigenvalue weighted by Gasteiger charge is 2.03. The summed E-state index contributed by atoms with van der Waals surface area (Å²) in [5, 5.41) is 0. The zero-order valence-electron chi connectivity index (χ0n) is 11.0. The van der Waals surface area contributed by atoms with Gasteiger partial charge in [-0.15, -0.1) is 0 Å². The Morgan fingerprint density at radius 2 is 1.62 bits per heavy atom. The van der Waals surface area contributed by atoms with Crippen LogP contribution in [0.15, 0.2) is 74.5 Å². The summed E-state index contributed by atoms with van der Waals surface area (Å²) < 4.78 is 8.04. The highest BCUT2D eigenvalue weighted by molar-refractivity contribution is 14.1. The van der Waals surface area contributed by atoms with Crippen molar-refractivity contribution in [2.24, 2.45) is 4.99 Å². The van der Waals surface area contributed by atoms with Crippen molar-refractivity contribution in [1.29, 1.82) is 0 Å². The predicted octanol–water partition coefficient (Wildman–Crippen LogP) is 6.06. The first-order valence-electron chi connectivity index (χ1n) is 6.36. The molecule has 3 aromatic rings. The second-order valence-electron chi connectivity index (χ2n) is 4.44. The molecule has 0 saturated heterocycles. The normalized spacial score (nSPS) is 11.1. The summed E-state index contributed by atoms with van der Waals surface area (Å²) in [5.74, 6) is 1.59. The summed E-state index contributed by atoms with van der Waals surface area (Å²) >= 11 is 5.69. The second-order valence-corrected chi connectivity index (χ2v) is 6.60. The molecule has 0 aliphatic rings. The molecule has 0 N–H and O–H groups in total. The molecule has 0 aliphatic heterocycles. The quantitative estimate of drug-likeness (QED) is 0.350. The lowest BCUT2D eigenvalue weighted by Gasteiger charge is -1.96. The molecule has 2 nitrogen and oxygen atoms in total. The van der Waals surface area contributed by atoms with Crippen LogP contribution >= 0.6 is 38.5 Å². The van der Waals surface area contributed by atoms with Gasteiger partial charge in [0.25, 0.3) is 0 Å². The van der Waals surface area contributed by atoms with Crippen LogP contribution in [0.3, 0.4) is 0 Å². The van der Waals surface area contributed by atoms with Crippen molar-refractivity contribution in [3.8, 4) is 11.3 Å². The van der Waals surface area contributed by atoms with Gasteiger partial charge >= 0.3 is 0 Å². The topological polar surface area (TPSA) is 25.5 Å². The van der Waals surface area contributed by atoms with Crippen LogP contribution in [-0.2, 0) is 0 Å². The van der Waals surface area contributed by atoms with Crippen molar-refractivity contribution >= 4 is 50.4 Å². The van der Waals surface area contributed by atoms with Crippen LogP contribution in [0.2, 0.25) is 0 Å². The van der Waals surface area contributed by atoms with E-state index in [1.165, 1.54) is 3.57 Å². The van der Waals surface area contributed by atoms with E-state index >= 15 is 0 Å². The fourth-order valence-electron chi connectivity index (χ4n) is 1.86. The first kappa shape index (κ1) is 14.5. The maximum Gasteiger partial charge on any atom is 0.145 e. The average Bonchev–Trinajstić information content (AvgIpc) is 2.96. The second kappa shape index (κ2) is 6.58. The van der Waals surface area contributed by atoms with Gasteiger partial charge in [-0.1, -0.05) is 28.1 Å². The third-order valence-electron chi connectivity index (χ3n) is 2.92. The Morgan fingerprint density at radius 3 is 2.33 bits per heavy atom. The standard InChI is InChI=1S/C17H11BrINO/c18-13-3-7-15(8-4-13)20-11-16-9-10-17(21-16)12-1-5-14(19)6-2-12/h1-11H. The van der Waals surface area contributed by atoms with Gasteiger partial charge < -0.3 is 4.42 Å². The molecule has 1 heterocycles. The average molecular weight is 452 g/mol. The Morgan fingerprint density at radius 1 is 0.905 bits per heavy atom. The zero-order valence-corrected chi connectivity index (χ0v) is 14.7. The Balaban J connectivity index is 1.78. The van der Waals surface area contributed by atoms with Gasteiger partial charge in [0.15, 0.2) is 0 Å². The molecule has 0 spiro atoms. The van der Waals surface area contributed by atoms with Gasteiger partial charge in [-0.3, -0.25) is 4.99 Å². The van der Waals surface area contributed by atoms with Crippen molar-refractivity contribution in [1.82, 2.24) is 0 Å². The maximum atomic E-state index is 5.79. The van der Waals surface area contributed by atoms with Gasteiger partial charge in [0.05, 0.1) is 11.9 Å². The van der Waals surface area contributed by atoms with Gasteiger partial charge in [0, 0.05) is 13.6 Å². The molecule has 0 fully saturated rings. The molecular weight excluding hydrogens is 441 g/mol. The van der Waals surface area contributed by atoms with Crippen molar-refractivity contribution in [2.75, 3.05) is 0 Å². The fourth-order valence-corrected chi connectivity index (χ4v) is 2.48. The molecule has 0 amide bonds. The van der Waals surface area contributed by atoms with Crippen LogP contribution < -0.4 is 0 Å². The van der Waals surface area contributed by atoms with E-state index in [-0.39, 0.29) is 0 Å². The number of halogens is 2. The van der Waals surface area contributed by atoms with E-state index in [4.69, 9.17) is 4.42 Å². The summed E-state index contributed by atoms with van der Waals surface area (Å²) in [6, 6.07) is 19.9. The molecule has 2 aromatic carbocycles. The fraction of sp³-hybridized carbons (Fsp3) is 0. The van der Waals surface area contributed by atoms with E-state index in [1.807, 2.05) is 36.4 Å². The molecule has 0 radical (unpaired) electrons. The molecule has 0 unspecified atom stereocenters. The number of aliphatic imine (C=N–C) groups is 1. The van der Waals surface area contributed by atoms with Crippen molar-refractivity contribution in [3.63, 3.8) is 0 Å². The smallest absolute Gasteiger partial charge is 0.145 e. The lowest BCUT2D eigenvalue weighted by molar-refractivity contribution is 0.575. The number of hydrogen-bond donors (Lipinski definition) is 0. The van der Waals surface area contributed by atoms with Crippen molar-refractivity contribution in [3.05, 3.63) is 74.5 Å². The third-order valence-corrected chi connectivity index (χ3v) is 4.17. The molecule has 0 bridgehead atoms.